The number of pyridine rings is 1. The molecule has 2 aromatic heterocycles. The van der Waals surface area contributed by atoms with Crippen molar-refractivity contribution < 1.29 is 13.9 Å². The second-order valence-corrected chi connectivity index (χ2v) is 8.59. The number of hydrogen-bond acceptors (Lipinski definition) is 5. The van der Waals surface area contributed by atoms with Crippen LogP contribution < -0.4 is 4.90 Å². The fourth-order valence-corrected chi connectivity index (χ4v) is 4.46. The second-order valence-electron chi connectivity index (χ2n) is 8.59. The number of carbonyl (C=O) groups excluding carboxylic acids is 1. The molecule has 0 saturated carbocycles. The van der Waals surface area contributed by atoms with Gasteiger partial charge in [-0.15, -0.1) is 0 Å². The number of carbonyl (C=O) groups is 1. The molecule has 0 radical (unpaired) electrons. The summed E-state index contributed by atoms with van der Waals surface area (Å²) >= 11 is 0. The molecule has 0 bridgehead atoms. The molecule has 3 heterocycles. The number of aromatic nitrogens is 2. The van der Waals surface area contributed by atoms with Crippen LogP contribution in [-0.4, -0.2) is 53.7 Å². The van der Waals surface area contributed by atoms with Gasteiger partial charge in [0.2, 0.25) is 0 Å². The maximum Gasteiger partial charge on any atom is 0.337 e. The zero-order valence-electron chi connectivity index (χ0n) is 19.2. The molecule has 0 spiro atoms. The minimum Gasteiger partial charge on any atom is -0.465 e. The lowest BCUT2D eigenvalue weighted by atomic mass is 10.1. The Hall–Kier alpha value is -3.71. The van der Waals surface area contributed by atoms with Crippen LogP contribution in [0, 0.1) is 5.82 Å². The highest BCUT2D eigenvalue weighted by molar-refractivity contribution is 5.89. The van der Waals surface area contributed by atoms with Gasteiger partial charge in [0, 0.05) is 56.4 Å². The van der Waals surface area contributed by atoms with E-state index in [-0.39, 0.29) is 11.8 Å². The number of nitrogens with zero attached hydrogens (tertiary/aromatic N) is 4. The third-order valence-corrected chi connectivity index (χ3v) is 6.40. The number of rotatable bonds is 6. The van der Waals surface area contributed by atoms with Crippen molar-refractivity contribution in [2.24, 2.45) is 0 Å². The van der Waals surface area contributed by atoms with Crippen LogP contribution in [0.1, 0.15) is 21.5 Å². The van der Waals surface area contributed by atoms with Gasteiger partial charge in [-0.1, -0.05) is 30.3 Å². The van der Waals surface area contributed by atoms with Crippen LogP contribution in [0.15, 0.2) is 73.1 Å². The van der Waals surface area contributed by atoms with Crippen LogP contribution >= 0.6 is 0 Å². The van der Waals surface area contributed by atoms with Gasteiger partial charge in [-0.3, -0.25) is 4.90 Å². The number of ether oxygens (including phenoxy) is 1. The molecule has 0 N–H and O–H groups in total. The minimum atomic E-state index is -0.333. The van der Waals surface area contributed by atoms with Crippen molar-refractivity contribution in [1.82, 2.24) is 14.5 Å². The summed E-state index contributed by atoms with van der Waals surface area (Å²) in [5, 5.41) is 1.09. The van der Waals surface area contributed by atoms with Crippen molar-refractivity contribution in [3.05, 3.63) is 95.6 Å². The molecule has 1 aliphatic heterocycles. The number of halogens is 1. The van der Waals surface area contributed by atoms with Crippen LogP contribution in [0.2, 0.25) is 0 Å². The van der Waals surface area contributed by atoms with Gasteiger partial charge in [-0.05, 0) is 35.9 Å². The molecule has 1 saturated heterocycles. The zero-order valence-corrected chi connectivity index (χ0v) is 19.2. The molecule has 34 heavy (non-hydrogen) atoms. The summed E-state index contributed by atoms with van der Waals surface area (Å²) in [6.07, 6.45) is 3.98. The number of anilines is 1. The molecule has 174 valence electrons. The summed E-state index contributed by atoms with van der Waals surface area (Å²) in [4.78, 5) is 21.0. The van der Waals surface area contributed by atoms with E-state index in [1.807, 2.05) is 36.7 Å². The van der Waals surface area contributed by atoms with E-state index in [9.17, 15) is 9.18 Å². The zero-order chi connectivity index (χ0) is 23.5. The lowest BCUT2D eigenvalue weighted by Gasteiger charge is -2.36. The van der Waals surface area contributed by atoms with Crippen molar-refractivity contribution in [3.63, 3.8) is 0 Å². The summed E-state index contributed by atoms with van der Waals surface area (Å²) in [6.45, 7) is 4.85. The summed E-state index contributed by atoms with van der Waals surface area (Å²) in [5.41, 5.74) is 4.42. The third-order valence-electron chi connectivity index (χ3n) is 6.40. The first-order valence-electron chi connectivity index (χ1n) is 11.4. The molecular formula is C27H27FN4O2. The predicted octanol–water partition coefficient (Wildman–Crippen LogP) is 4.33. The van der Waals surface area contributed by atoms with Crippen LogP contribution in [-0.2, 0) is 17.8 Å². The lowest BCUT2D eigenvalue weighted by Crippen LogP contribution is -2.46. The smallest absolute Gasteiger partial charge is 0.337 e. The van der Waals surface area contributed by atoms with E-state index in [1.165, 1.54) is 13.2 Å². The highest BCUT2D eigenvalue weighted by Gasteiger charge is 2.19. The van der Waals surface area contributed by atoms with Gasteiger partial charge in [0.05, 0.1) is 24.6 Å². The molecule has 5 rings (SSSR count). The Balaban J connectivity index is 1.23. The van der Waals surface area contributed by atoms with Gasteiger partial charge in [0.15, 0.2) is 0 Å². The average molecular weight is 459 g/mol. The topological polar surface area (TPSA) is 50.6 Å². The maximum atomic E-state index is 14.0. The van der Waals surface area contributed by atoms with Gasteiger partial charge in [-0.2, -0.15) is 0 Å². The number of benzene rings is 2. The van der Waals surface area contributed by atoms with Gasteiger partial charge >= 0.3 is 5.97 Å². The fourth-order valence-electron chi connectivity index (χ4n) is 4.46. The van der Waals surface area contributed by atoms with Crippen LogP contribution in [0.3, 0.4) is 0 Å². The molecule has 0 amide bonds. The molecular weight excluding hydrogens is 431 g/mol. The SMILES string of the molecule is COC(=O)c1ccc(Cn2ccc3cc(N4CCN(Cc5ccccc5F)CC4)cnc32)cc1. The number of methoxy groups -OCH3 is 1. The molecule has 4 aromatic rings. The minimum absolute atomic E-state index is 0.136. The van der Waals surface area contributed by atoms with Crippen molar-refractivity contribution in [3.8, 4) is 0 Å². The van der Waals surface area contributed by atoms with E-state index >= 15 is 0 Å². The van der Waals surface area contributed by atoms with E-state index in [1.54, 1.807) is 18.2 Å². The monoisotopic (exact) mass is 458 g/mol. The molecule has 1 aliphatic rings. The molecule has 0 unspecified atom stereocenters. The molecule has 1 fully saturated rings. The second kappa shape index (κ2) is 9.65. The first-order valence-corrected chi connectivity index (χ1v) is 11.4. The Labute approximate surface area is 198 Å². The van der Waals surface area contributed by atoms with E-state index < -0.39 is 0 Å². The lowest BCUT2D eigenvalue weighted by molar-refractivity contribution is 0.0600. The highest BCUT2D eigenvalue weighted by Crippen LogP contribution is 2.23. The quantitative estimate of drug-likeness (QED) is 0.403. The predicted molar refractivity (Wildman–Crippen MR) is 131 cm³/mol. The Bertz CT molecular complexity index is 1290. The Morgan fingerprint density at radius 2 is 1.76 bits per heavy atom. The van der Waals surface area contributed by atoms with E-state index in [0.717, 1.165) is 54.0 Å². The largest absolute Gasteiger partial charge is 0.465 e. The normalized spacial score (nSPS) is 14.5. The first-order chi connectivity index (χ1) is 16.6. The standard InChI is InChI=1S/C27H27FN4O2/c1-34-27(33)21-8-6-20(7-9-21)18-32-11-10-22-16-24(17-29-26(22)32)31-14-12-30(13-15-31)19-23-4-2-3-5-25(23)28/h2-11,16-17H,12-15,18-19H2,1H3. The Kier molecular flexibility index (Phi) is 6.27. The summed E-state index contributed by atoms with van der Waals surface area (Å²) < 4.78 is 20.8. The fraction of sp³-hybridized carbons (Fsp3) is 0.259. The summed E-state index contributed by atoms with van der Waals surface area (Å²) in [5.74, 6) is -0.469. The van der Waals surface area contributed by atoms with Gasteiger partial charge in [-0.25, -0.2) is 14.2 Å². The van der Waals surface area contributed by atoms with Crippen molar-refractivity contribution >= 4 is 22.7 Å². The van der Waals surface area contributed by atoms with Crippen molar-refractivity contribution in [1.29, 1.82) is 0 Å². The maximum absolute atomic E-state index is 14.0. The molecule has 0 aliphatic carbocycles. The number of esters is 1. The number of fused-ring (bicyclic) bond motifs is 1. The van der Waals surface area contributed by atoms with E-state index in [2.05, 4.69) is 26.5 Å². The van der Waals surface area contributed by atoms with Gasteiger partial charge in [0.25, 0.3) is 0 Å². The number of hydrogen-bond donors (Lipinski definition) is 0. The summed E-state index contributed by atoms with van der Waals surface area (Å²) in [7, 11) is 1.38. The Morgan fingerprint density at radius 1 is 1.00 bits per heavy atom. The van der Waals surface area contributed by atoms with Crippen molar-refractivity contribution in [2.75, 3.05) is 38.2 Å². The number of piperazine rings is 1. The molecule has 0 atom stereocenters. The van der Waals surface area contributed by atoms with E-state index in [4.69, 9.17) is 9.72 Å². The van der Waals surface area contributed by atoms with Crippen LogP contribution in [0.5, 0.6) is 0 Å². The third kappa shape index (κ3) is 4.65. The van der Waals surface area contributed by atoms with Crippen LogP contribution in [0.25, 0.3) is 11.0 Å². The molecule has 7 heteroatoms. The molecule has 6 nitrogen and oxygen atoms in total. The molecule has 2 aromatic carbocycles. The summed E-state index contributed by atoms with van der Waals surface area (Å²) in [6, 6.07) is 18.7. The van der Waals surface area contributed by atoms with Gasteiger partial charge in [0.1, 0.15) is 11.5 Å². The average Bonchev–Trinajstić information content (AvgIpc) is 3.27. The van der Waals surface area contributed by atoms with Crippen LogP contribution in [0.4, 0.5) is 10.1 Å². The van der Waals surface area contributed by atoms with E-state index in [0.29, 0.717) is 18.7 Å². The van der Waals surface area contributed by atoms with Gasteiger partial charge < -0.3 is 14.2 Å². The highest BCUT2D eigenvalue weighted by atomic mass is 19.1. The van der Waals surface area contributed by atoms with Crippen molar-refractivity contribution in [2.45, 2.75) is 13.1 Å². The Morgan fingerprint density at radius 3 is 2.50 bits per heavy atom. The first kappa shape index (κ1) is 22.1.